The van der Waals surface area contributed by atoms with Crippen LogP contribution in [-0.4, -0.2) is 25.0 Å². The molecular formula is C26H31N3O. The Kier molecular flexibility index (Phi) is 6.69. The Morgan fingerprint density at radius 1 is 0.933 bits per heavy atom. The number of anilines is 1. The molecule has 1 aliphatic carbocycles. The molecule has 1 aliphatic heterocycles. The van der Waals surface area contributed by atoms with Gasteiger partial charge in [0.15, 0.2) is 0 Å². The second kappa shape index (κ2) is 9.80. The summed E-state index contributed by atoms with van der Waals surface area (Å²) in [7, 11) is 0. The van der Waals surface area contributed by atoms with Crippen LogP contribution in [0, 0.1) is 17.2 Å². The van der Waals surface area contributed by atoms with Gasteiger partial charge < -0.3 is 10.2 Å². The van der Waals surface area contributed by atoms with Crippen LogP contribution in [0.1, 0.15) is 62.0 Å². The predicted octanol–water partition coefficient (Wildman–Crippen LogP) is 5.01. The number of nitriles is 1. The van der Waals surface area contributed by atoms with Crippen LogP contribution in [0.25, 0.3) is 0 Å². The first-order valence-electron chi connectivity index (χ1n) is 11.3. The van der Waals surface area contributed by atoms with Crippen LogP contribution in [0.2, 0.25) is 0 Å². The summed E-state index contributed by atoms with van der Waals surface area (Å²) in [4.78, 5) is 14.9. The van der Waals surface area contributed by atoms with Gasteiger partial charge in [-0.25, -0.2) is 0 Å². The van der Waals surface area contributed by atoms with Crippen molar-refractivity contribution in [1.29, 1.82) is 5.26 Å². The van der Waals surface area contributed by atoms with Gasteiger partial charge in [0.2, 0.25) is 5.91 Å². The summed E-state index contributed by atoms with van der Waals surface area (Å²) in [5.74, 6) is 1.43. The molecule has 4 heteroatoms. The summed E-state index contributed by atoms with van der Waals surface area (Å²) in [6, 6.07) is 21.0. The van der Waals surface area contributed by atoms with Gasteiger partial charge in [-0.05, 0) is 80.2 Å². The molecule has 2 aliphatic rings. The van der Waals surface area contributed by atoms with Crippen LogP contribution in [-0.2, 0) is 4.79 Å². The molecule has 1 N–H and O–H groups in total. The van der Waals surface area contributed by atoms with Crippen LogP contribution in [0.15, 0.2) is 54.6 Å². The first-order valence-corrected chi connectivity index (χ1v) is 11.3. The molecule has 1 saturated heterocycles. The second-order valence-corrected chi connectivity index (χ2v) is 8.82. The van der Waals surface area contributed by atoms with Gasteiger partial charge in [-0.1, -0.05) is 30.3 Å². The monoisotopic (exact) mass is 401 g/mol. The van der Waals surface area contributed by atoms with Crippen molar-refractivity contribution in [3.63, 3.8) is 0 Å². The maximum Gasteiger partial charge on any atom is 0.220 e. The zero-order valence-corrected chi connectivity index (χ0v) is 17.6. The van der Waals surface area contributed by atoms with Crippen molar-refractivity contribution in [3.8, 4) is 6.07 Å². The number of piperidine rings is 1. The summed E-state index contributed by atoms with van der Waals surface area (Å²) in [6.07, 6.45) is 7.35. The van der Waals surface area contributed by atoms with E-state index >= 15 is 0 Å². The smallest absolute Gasteiger partial charge is 0.220 e. The van der Waals surface area contributed by atoms with Crippen molar-refractivity contribution in [1.82, 2.24) is 5.32 Å². The Balaban J connectivity index is 1.18. The van der Waals surface area contributed by atoms with E-state index < -0.39 is 0 Å². The number of benzene rings is 2. The SMILES string of the molecule is N#Cc1ccc(N2CCC(NC(=O)CC3CCC(c4ccccc4)CC3)CC2)cc1. The van der Waals surface area contributed by atoms with Crippen molar-refractivity contribution in [2.45, 2.75) is 56.9 Å². The molecule has 2 fully saturated rings. The molecule has 1 saturated carbocycles. The van der Waals surface area contributed by atoms with Crippen LogP contribution in [0.3, 0.4) is 0 Å². The summed E-state index contributed by atoms with van der Waals surface area (Å²) in [5.41, 5.74) is 3.31. The third-order valence-corrected chi connectivity index (χ3v) is 6.81. The lowest BCUT2D eigenvalue weighted by atomic mass is 9.77. The molecule has 0 radical (unpaired) electrons. The summed E-state index contributed by atoms with van der Waals surface area (Å²) < 4.78 is 0. The van der Waals surface area contributed by atoms with E-state index in [4.69, 9.17) is 5.26 Å². The van der Waals surface area contributed by atoms with Gasteiger partial charge in [0.1, 0.15) is 0 Å². The number of carbonyl (C=O) groups excluding carboxylic acids is 1. The molecule has 156 valence electrons. The minimum atomic E-state index is 0.231. The zero-order valence-electron chi connectivity index (χ0n) is 17.6. The summed E-state index contributed by atoms with van der Waals surface area (Å²) in [5, 5.41) is 12.2. The van der Waals surface area contributed by atoms with E-state index in [1.807, 2.05) is 24.3 Å². The van der Waals surface area contributed by atoms with Crippen LogP contribution in [0.5, 0.6) is 0 Å². The molecule has 0 unspecified atom stereocenters. The minimum absolute atomic E-state index is 0.231. The molecule has 0 aromatic heterocycles. The Hall–Kier alpha value is -2.80. The summed E-state index contributed by atoms with van der Waals surface area (Å²) >= 11 is 0. The third kappa shape index (κ3) is 5.21. The number of amides is 1. The first kappa shape index (κ1) is 20.5. The fourth-order valence-corrected chi connectivity index (χ4v) is 5.00. The van der Waals surface area contributed by atoms with Gasteiger partial charge in [0.05, 0.1) is 11.6 Å². The molecule has 0 atom stereocenters. The summed E-state index contributed by atoms with van der Waals surface area (Å²) in [6.45, 7) is 1.89. The lowest BCUT2D eigenvalue weighted by Gasteiger charge is -2.34. The number of rotatable bonds is 5. The maximum atomic E-state index is 12.6. The second-order valence-electron chi connectivity index (χ2n) is 8.82. The van der Waals surface area contributed by atoms with Gasteiger partial charge in [-0.3, -0.25) is 4.79 Å². The van der Waals surface area contributed by atoms with Gasteiger partial charge in [-0.15, -0.1) is 0 Å². The van der Waals surface area contributed by atoms with E-state index in [0.717, 1.165) is 44.5 Å². The number of nitrogens with one attached hydrogen (secondary N) is 1. The van der Waals surface area contributed by atoms with Crippen LogP contribution < -0.4 is 10.2 Å². The maximum absolute atomic E-state index is 12.6. The van der Waals surface area contributed by atoms with E-state index in [1.54, 1.807) is 0 Å². The Morgan fingerprint density at radius 3 is 2.23 bits per heavy atom. The highest BCUT2D eigenvalue weighted by Gasteiger charge is 2.26. The molecule has 4 nitrogen and oxygen atoms in total. The van der Waals surface area contributed by atoms with Gasteiger partial charge in [-0.2, -0.15) is 5.26 Å². The molecule has 2 aromatic carbocycles. The van der Waals surface area contributed by atoms with Gasteiger partial charge in [0.25, 0.3) is 0 Å². The van der Waals surface area contributed by atoms with E-state index in [2.05, 4.69) is 46.6 Å². The first-order chi connectivity index (χ1) is 14.7. The lowest BCUT2D eigenvalue weighted by Crippen LogP contribution is -2.45. The van der Waals surface area contributed by atoms with E-state index in [0.29, 0.717) is 23.8 Å². The van der Waals surface area contributed by atoms with Crippen molar-refractivity contribution in [2.24, 2.45) is 5.92 Å². The Bertz CT molecular complexity index is 855. The molecular weight excluding hydrogens is 370 g/mol. The molecule has 0 spiro atoms. The predicted molar refractivity (Wildman–Crippen MR) is 120 cm³/mol. The van der Waals surface area contributed by atoms with E-state index in [9.17, 15) is 4.79 Å². The fraction of sp³-hybridized carbons (Fsp3) is 0.462. The van der Waals surface area contributed by atoms with Crippen molar-refractivity contribution < 1.29 is 4.79 Å². The zero-order chi connectivity index (χ0) is 20.8. The number of hydrogen-bond acceptors (Lipinski definition) is 3. The average molecular weight is 402 g/mol. The molecule has 2 aromatic rings. The number of hydrogen-bond donors (Lipinski definition) is 1. The molecule has 1 amide bonds. The van der Waals surface area contributed by atoms with Crippen molar-refractivity contribution in [2.75, 3.05) is 18.0 Å². The highest BCUT2D eigenvalue weighted by atomic mass is 16.1. The normalized spacial score (nSPS) is 22.3. The van der Waals surface area contributed by atoms with Gasteiger partial charge in [0, 0.05) is 31.2 Å². The topological polar surface area (TPSA) is 56.1 Å². The number of nitrogens with zero attached hydrogens (tertiary/aromatic N) is 2. The lowest BCUT2D eigenvalue weighted by molar-refractivity contribution is -0.123. The molecule has 0 bridgehead atoms. The molecule has 4 rings (SSSR count). The van der Waals surface area contributed by atoms with Gasteiger partial charge >= 0.3 is 0 Å². The number of carbonyl (C=O) groups is 1. The average Bonchev–Trinajstić information content (AvgIpc) is 2.81. The minimum Gasteiger partial charge on any atom is -0.371 e. The largest absolute Gasteiger partial charge is 0.371 e. The standard InChI is InChI=1S/C26H31N3O/c27-19-21-8-12-25(13-9-21)29-16-14-24(15-17-29)28-26(30)18-20-6-10-23(11-7-20)22-4-2-1-3-5-22/h1-5,8-9,12-13,20,23-24H,6-7,10-11,14-18H2,(H,28,30). The fourth-order valence-electron chi connectivity index (χ4n) is 5.00. The Labute approximate surface area is 179 Å². The highest BCUT2D eigenvalue weighted by Crippen LogP contribution is 2.37. The van der Waals surface area contributed by atoms with Crippen LogP contribution >= 0.6 is 0 Å². The van der Waals surface area contributed by atoms with E-state index in [-0.39, 0.29) is 11.9 Å². The quantitative estimate of drug-likeness (QED) is 0.766. The van der Waals surface area contributed by atoms with Crippen LogP contribution in [0.4, 0.5) is 5.69 Å². The van der Waals surface area contributed by atoms with E-state index in [1.165, 1.54) is 18.4 Å². The highest BCUT2D eigenvalue weighted by molar-refractivity contribution is 5.76. The Morgan fingerprint density at radius 2 is 1.60 bits per heavy atom. The van der Waals surface area contributed by atoms with Crippen molar-refractivity contribution in [3.05, 3.63) is 65.7 Å². The molecule has 30 heavy (non-hydrogen) atoms. The molecule has 1 heterocycles. The third-order valence-electron chi connectivity index (χ3n) is 6.81. The van der Waals surface area contributed by atoms with Crippen molar-refractivity contribution >= 4 is 11.6 Å².